The van der Waals surface area contributed by atoms with Gasteiger partial charge in [-0.15, -0.1) is 0 Å². The molecule has 16 nitrogen and oxygen atoms in total. The summed E-state index contributed by atoms with van der Waals surface area (Å²) < 4.78 is 95.1. The van der Waals surface area contributed by atoms with Crippen molar-refractivity contribution in [1.29, 1.82) is 0 Å². The Hall–Kier alpha value is -8.50. The molecule has 0 fully saturated rings. The van der Waals surface area contributed by atoms with Gasteiger partial charge in [0.05, 0.1) is 12.1 Å². The second-order valence-corrected chi connectivity index (χ2v) is 18.4. The molecular weight excluding hydrogens is 1010 g/mol. The van der Waals surface area contributed by atoms with Gasteiger partial charge in [0.25, 0.3) is 23.6 Å². The number of benzene rings is 3. The van der Waals surface area contributed by atoms with Crippen molar-refractivity contribution in [3.05, 3.63) is 186 Å². The first kappa shape index (κ1) is 55.3. The molecule has 4 N–H and O–H groups in total. The number of fused-ring (bicyclic) bond motifs is 8. The zero-order chi connectivity index (χ0) is 55.5. The van der Waals surface area contributed by atoms with Crippen LogP contribution in [-0.2, 0) is 24.5 Å². The van der Waals surface area contributed by atoms with Gasteiger partial charge in [-0.3, -0.25) is 28.8 Å². The van der Waals surface area contributed by atoms with E-state index < -0.39 is 69.7 Å². The summed E-state index contributed by atoms with van der Waals surface area (Å²) >= 11 is 0. The van der Waals surface area contributed by atoms with Crippen molar-refractivity contribution in [2.24, 2.45) is 11.8 Å². The van der Waals surface area contributed by atoms with E-state index in [-0.39, 0.29) is 101 Å². The van der Waals surface area contributed by atoms with Gasteiger partial charge in [-0.1, -0.05) is 80.6 Å². The van der Waals surface area contributed by atoms with Gasteiger partial charge in [0.1, 0.15) is 41.0 Å². The number of aromatic hydroxyl groups is 1. The fraction of sp³-hybridized carbons (Fsp3) is 0.302. The molecule has 2 aromatic heterocycles. The van der Waals surface area contributed by atoms with E-state index in [0.29, 0.717) is 19.2 Å². The van der Waals surface area contributed by atoms with Crippen LogP contribution in [0.2, 0.25) is 0 Å². The van der Waals surface area contributed by atoms with Crippen LogP contribution in [0, 0.1) is 35.1 Å². The topological polar surface area (TPSA) is 210 Å². The predicted octanol–water partition coefficient (Wildman–Crippen LogP) is 7.21. The zero-order valence-corrected chi connectivity index (χ0v) is 40.9. The number of aliphatic carboxylic acids is 1. The maximum atomic E-state index is 14.1. The summed E-state index contributed by atoms with van der Waals surface area (Å²) in [6.45, 7) is 7.99. The molecule has 23 heteroatoms. The molecule has 0 aliphatic carbocycles. The number of hydrogen-bond acceptors (Lipinski definition) is 9. The summed E-state index contributed by atoms with van der Waals surface area (Å²) in [4.78, 5) is 90.9. The van der Waals surface area contributed by atoms with E-state index in [9.17, 15) is 64.6 Å². The second-order valence-electron chi connectivity index (χ2n) is 18.4. The third-order valence-corrected chi connectivity index (χ3v) is 13.3. The summed E-state index contributed by atoms with van der Waals surface area (Å²) in [5.41, 5.74) is -1.45. The standard InChI is InChI=1S/C29H27F2N3O4.C22H21F2N3O4.C2HF3O2/c1-17-8-9-18(2)33-15-24(17)34-14-22(28(36)32-13-20-10-11-21(30)12-23(20)31)26(35)27(25(34)29(33)37)38-16-19-6-4-3-5-7-19;1-11-3-4-12(2)26-10-17(11)27-9-15(19(28)20(29)18(27)22(26)31)21(30)25-8-13-5-6-14(23)7-16(13)24;3-2(4,5)1(6)7/h3-12,14,17-18,24H,13,15-16H2,1-2H3,(H,32,36);3-7,9,11-12,17,29H,8,10H2,1-2H3,(H,25,30);(H,6,7)/t17-,18+,24-;11-,12+,17-;/m11./s1. The van der Waals surface area contributed by atoms with Gasteiger partial charge in [-0.05, 0) is 43.4 Å². The number of alkyl halides is 3. The number of carboxylic acid groups (broad SMARTS) is 1. The number of hydrogen-bond donors (Lipinski definition) is 4. The van der Waals surface area contributed by atoms with E-state index in [1.807, 2.05) is 82.3 Å². The molecule has 0 unspecified atom stereocenters. The monoisotopic (exact) mass is 1060 g/mol. The Morgan fingerprint density at radius 1 is 0.645 bits per heavy atom. The minimum absolute atomic E-state index is 0.00278. The van der Waals surface area contributed by atoms with Crippen molar-refractivity contribution in [2.75, 3.05) is 13.1 Å². The van der Waals surface area contributed by atoms with Gasteiger partial charge in [0.2, 0.25) is 10.9 Å². The first-order valence-corrected chi connectivity index (χ1v) is 23.5. The Balaban J connectivity index is 0.000000200. The van der Waals surface area contributed by atoms with Crippen molar-refractivity contribution < 1.29 is 69.7 Å². The molecule has 9 rings (SSSR count). The Kier molecular flexibility index (Phi) is 16.4. The molecular formula is C53H49F7N6O10. The van der Waals surface area contributed by atoms with Crippen LogP contribution in [0.4, 0.5) is 30.7 Å². The van der Waals surface area contributed by atoms with Crippen molar-refractivity contribution >= 4 is 29.6 Å². The summed E-state index contributed by atoms with van der Waals surface area (Å²) in [5, 5.41) is 22.6. The fourth-order valence-corrected chi connectivity index (χ4v) is 8.93. The molecule has 0 spiro atoms. The summed E-state index contributed by atoms with van der Waals surface area (Å²) in [7, 11) is 0. The minimum Gasteiger partial charge on any atom is -0.503 e. The predicted molar refractivity (Wildman–Crippen MR) is 258 cm³/mol. The first-order chi connectivity index (χ1) is 35.9. The van der Waals surface area contributed by atoms with Crippen molar-refractivity contribution in [2.45, 2.75) is 77.7 Å². The highest BCUT2D eigenvalue weighted by atomic mass is 19.4. The normalized spacial score (nSPS) is 20.1. The molecule has 5 aromatic rings. The Morgan fingerprint density at radius 2 is 1.08 bits per heavy atom. The van der Waals surface area contributed by atoms with Crippen LogP contribution in [0.1, 0.15) is 98.2 Å². The quantitative estimate of drug-likeness (QED) is 0.0861. The fourth-order valence-electron chi connectivity index (χ4n) is 8.93. The molecule has 4 aliphatic rings. The third-order valence-electron chi connectivity index (χ3n) is 13.3. The van der Waals surface area contributed by atoms with Gasteiger partial charge in [-0.2, -0.15) is 13.2 Å². The van der Waals surface area contributed by atoms with Crippen molar-refractivity contribution in [3.63, 3.8) is 0 Å². The molecule has 0 radical (unpaired) electrons. The van der Waals surface area contributed by atoms with Crippen molar-refractivity contribution in [3.8, 4) is 11.5 Å². The summed E-state index contributed by atoms with van der Waals surface area (Å²) in [6.07, 6.45) is 5.43. The molecule has 4 bridgehead atoms. The molecule has 3 aromatic carbocycles. The SMILES string of the molecule is C[C@@H]1C=C[C@H](C)N2C[C@H]1n1cc(C(=O)NCc3ccc(F)cc3F)c(=O)c(O)c1C2=O.C[C@@H]1C=C[C@H](C)N2C[C@H]1n1cc(C(=O)NCc3ccc(F)cc3F)c(=O)c(OCc3ccccc3)c1C2=O.O=C(O)C(F)(F)F. The maximum absolute atomic E-state index is 14.1. The maximum Gasteiger partial charge on any atom is 0.490 e. The molecule has 4 aliphatic heterocycles. The number of carbonyl (C=O) groups excluding carboxylic acids is 4. The van der Waals surface area contributed by atoms with Crippen LogP contribution in [-0.4, -0.2) is 90.1 Å². The lowest BCUT2D eigenvalue weighted by molar-refractivity contribution is -0.192. The third kappa shape index (κ3) is 11.7. The van der Waals surface area contributed by atoms with Crippen molar-refractivity contribution in [1.82, 2.24) is 29.6 Å². The van der Waals surface area contributed by atoms with E-state index in [2.05, 4.69) is 10.6 Å². The Bertz CT molecular complexity index is 3290. The smallest absolute Gasteiger partial charge is 0.490 e. The van der Waals surface area contributed by atoms with Gasteiger partial charge in [-0.25, -0.2) is 22.4 Å². The number of carbonyl (C=O) groups is 5. The van der Waals surface area contributed by atoms with Gasteiger partial charge < -0.3 is 44.5 Å². The second kappa shape index (κ2) is 22.5. The number of rotatable bonds is 9. The lowest BCUT2D eigenvalue weighted by atomic mass is 9.98. The highest BCUT2D eigenvalue weighted by Gasteiger charge is 2.42. The van der Waals surface area contributed by atoms with Gasteiger partial charge >= 0.3 is 12.1 Å². The van der Waals surface area contributed by atoms with Crippen LogP contribution in [0.25, 0.3) is 0 Å². The highest BCUT2D eigenvalue weighted by molar-refractivity contribution is 6.00. The number of halogens is 7. The van der Waals surface area contributed by atoms with E-state index in [1.54, 1.807) is 14.4 Å². The summed E-state index contributed by atoms with van der Waals surface area (Å²) in [5.74, 6) is -9.31. The summed E-state index contributed by atoms with van der Waals surface area (Å²) in [6, 6.07) is 14.3. The average molecular weight is 1060 g/mol. The van der Waals surface area contributed by atoms with Crippen LogP contribution in [0.3, 0.4) is 0 Å². The van der Waals surface area contributed by atoms with Crippen LogP contribution >= 0.6 is 0 Å². The number of nitrogens with one attached hydrogen (secondary N) is 2. The largest absolute Gasteiger partial charge is 0.503 e. The number of carboxylic acids is 1. The number of ether oxygens (including phenoxy) is 1. The number of aromatic nitrogens is 2. The average Bonchev–Trinajstić information content (AvgIpc) is 3.59. The minimum atomic E-state index is -5.08. The lowest BCUT2D eigenvalue weighted by Crippen LogP contribution is -2.48. The van der Waals surface area contributed by atoms with Gasteiger partial charge in [0.15, 0.2) is 22.9 Å². The highest BCUT2D eigenvalue weighted by Crippen LogP contribution is 2.37. The van der Waals surface area contributed by atoms with Crippen LogP contribution in [0.5, 0.6) is 11.5 Å². The molecule has 0 saturated carbocycles. The van der Waals surface area contributed by atoms with E-state index >= 15 is 0 Å². The van der Waals surface area contributed by atoms with E-state index in [0.717, 1.165) is 23.8 Å². The van der Waals surface area contributed by atoms with Crippen LogP contribution < -0.4 is 26.2 Å². The van der Waals surface area contributed by atoms with Crippen LogP contribution in [0.15, 0.2) is 113 Å². The molecule has 0 saturated heterocycles. The van der Waals surface area contributed by atoms with E-state index in [1.165, 1.54) is 29.1 Å². The molecule has 6 heterocycles. The number of pyridine rings is 2. The Morgan fingerprint density at radius 3 is 1.53 bits per heavy atom. The first-order valence-electron chi connectivity index (χ1n) is 23.5. The van der Waals surface area contributed by atoms with E-state index in [4.69, 9.17) is 14.6 Å². The Labute approximate surface area is 428 Å². The number of nitrogens with zero attached hydrogens (tertiary/aromatic N) is 4. The molecule has 4 amide bonds. The lowest BCUT2D eigenvalue weighted by Gasteiger charge is -2.39. The number of allylic oxidation sites excluding steroid dienone is 2. The molecule has 76 heavy (non-hydrogen) atoms. The number of amides is 4. The molecule has 400 valence electrons. The molecule has 6 atom stereocenters. The zero-order valence-electron chi connectivity index (χ0n) is 40.9. The van der Waals surface area contributed by atoms with Gasteiger partial charge in [0, 0.05) is 73.9 Å².